The maximum atomic E-state index is 2.23. The first-order chi connectivity index (χ1) is 9.45. The van der Waals surface area contributed by atoms with Gasteiger partial charge in [-0.05, 0) is 23.8 Å². The zero-order chi connectivity index (χ0) is 12.9. The summed E-state index contributed by atoms with van der Waals surface area (Å²) < 4.78 is 0. The van der Waals surface area contributed by atoms with E-state index in [0.717, 1.165) is 0 Å². The zero-order valence-corrected chi connectivity index (χ0v) is 15.6. The molecule has 0 saturated carbocycles. The molecular formula is C18H19BKP. The van der Waals surface area contributed by atoms with Crippen molar-refractivity contribution in [1.29, 1.82) is 0 Å². The van der Waals surface area contributed by atoms with Crippen LogP contribution in [0.4, 0.5) is 0 Å². The van der Waals surface area contributed by atoms with Gasteiger partial charge in [0.1, 0.15) is 0 Å². The summed E-state index contributed by atoms with van der Waals surface area (Å²) >= 11 is 0. The van der Waals surface area contributed by atoms with Crippen molar-refractivity contribution in [1.82, 2.24) is 0 Å². The average molecular weight is 316 g/mol. The molecule has 0 amide bonds. The fourth-order valence-electron chi connectivity index (χ4n) is 2.18. The molecule has 0 aliphatic heterocycles. The normalized spacial score (nSPS) is 9.57. The van der Waals surface area contributed by atoms with E-state index in [0.29, 0.717) is 0 Å². The van der Waals surface area contributed by atoms with E-state index in [2.05, 4.69) is 91.0 Å². The first-order valence-electron chi connectivity index (χ1n) is 6.40. The Morgan fingerprint density at radius 1 is 0.429 bits per heavy atom. The predicted octanol–water partition coefficient (Wildman–Crippen LogP) is -1.00. The second kappa shape index (κ2) is 9.74. The average Bonchev–Trinajstić information content (AvgIpc) is 2.51. The van der Waals surface area contributed by atoms with Crippen molar-refractivity contribution >= 4 is 32.2 Å². The van der Waals surface area contributed by atoms with Gasteiger partial charge in [0.2, 0.25) is 0 Å². The molecule has 0 radical (unpaired) electrons. The van der Waals surface area contributed by atoms with Crippen LogP contribution in [-0.4, -0.2) is 8.41 Å². The fraction of sp³-hybridized carbons (Fsp3) is 0. The van der Waals surface area contributed by atoms with Gasteiger partial charge in [-0.15, -0.1) is 0 Å². The molecule has 0 nitrogen and oxygen atoms in total. The summed E-state index contributed by atoms with van der Waals surface area (Å²) in [7, 11) is -0.446. The van der Waals surface area contributed by atoms with E-state index in [1.165, 1.54) is 15.9 Å². The van der Waals surface area contributed by atoms with Crippen LogP contribution in [0.25, 0.3) is 0 Å². The first-order valence-corrected chi connectivity index (χ1v) is 7.74. The van der Waals surface area contributed by atoms with E-state index in [9.17, 15) is 0 Å². The second-order valence-corrected chi connectivity index (χ2v) is 6.56. The van der Waals surface area contributed by atoms with Crippen molar-refractivity contribution < 1.29 is 51.4 Å². The van der Waals surface area contributed by atoms with Crippen LogP contribution < -0.4 is 67.3 Å². The van der Waals surface area contributed by atoms with Crippen LogP contribution in [0, 0.1) is 0 Å². The Morgan fingerprint density at radius 2 is 0.667 bits per heavy atom. The molecule has 0 unspecified atom stereocenters. The molecule has 0 saturated heterocycles. The van der Waals surface area contributed by atoms with Crippen molar-refractivity contribution in [3.05, 3.63) is 91.0 Å². The molecule has 0 fully saturated rings. The molecule has 0 aliphatic carbocycles. The monoisotopic (exact) mass is 316 g/mol. The third kappa shape index (κ3) is 4.89. The van der Waals surface area contributed by atoms with Crippen molar-refractivity contribution in [2.75, 3.05) is 0 Å². The van der Waals surface area contributed by atoms with Crippen LogP contribution in [0.3, 0.4) is 0 Å². The molecule has 0 heterocycles. The van der Waals surface area contributed by atoms with Gasteiger partial charge in [0.25, 0.3) is 0 Å². The van der Waals surface area contributed by atoms with Crippen LogP contribution >= 0.6 is 7.92 Å². The molecule has 3 rings (SSSR count). The minimum Gasteiger partial charge on any atom is -0.0626 e. The number of hydrogen-bond donors (Lipinski definition) is 0. The van der Waals surface area contributed by atoms with E-state index in [4.69, 9.17) is 0 Å². The molecule has 0 aliphatic rings. The SMILES string of the molecule is [BH4-].[K+].c1ccc(P(c2ccccc2)c2ccccc2)cc1. The fourth-order valence-corrected chi connectivity index (χ4v) is 4.48. The Morgan fingerprint density at radius 3 is 0.905 bits per heavy atom. The Labute approximate surface area is 172 Å². The van der Waals surface area contributed by atoms with Gasteiger partial charge in [0, 0.05) is 0 Å². The van der Waals surface area contributed by atoms with Gasteiger partial charge in [-0.1, -0.05) is 99.4 Å². The number of benzene rings is 3. The summed E-state index contributed by atoms with van der Waals surface area (Å²) in [6.07, 6.45) is 0. The van der Waals surface area contributed by atoms with Crippen LogP contribution in [0.1, 0.15) is 0 Å². The first kappa shape index (κ1) is 18.8. The molecule has 0 aromatic heterocycles. The zero-order valence-electron chi connectivity index (χ0n) is 11.6. The molecular weight excluding hydrogens is 297 g/mol. The van der Waals surface area contributed by atoms with Crippen molar-refractivity contribution in [2.24, 2.45) is 0 Å². The van der Waals surface area contributed by atoms with Gasteiger partial charge >= 0.3 is 51.4 Å². The van der Waals surface area contributed by atoms with Crippen molar-refractivity contribution in [3.8, 4) is 0 Å². The molecule has 0 spiro atoms. The summed E-state index contributed by atoms with van der Waals surface area (Å²) in [5, 5.41) is 4.19. The van der Waals surface area contributed by atoms with E-state index in [1.54, 1.807) is 0 Å². The minimum atomic E-state index is -0.446. The summed E-state index contributed by atoms with van der Waals surface area (Å²) in [5.74, 6) is 0. The van der Waals surface area contributed by atoms with E-state index in [1.807, 2.05) is 0 Å². The molecule has 0 N–H and O–H groups in total. The van der Waals surface area contributed by atoms with Crippen LogP contribution in [-0.2, 0) is 0 Å². The van der Waals surface area contributed by atoms with Gasteiger partial charge in [0.15, 0.2) is 0 Å². The van der Waals surface area contributed by atoms with Crippen molar-refractivity contribution in [2.45, 2.75) is 0 Å². The maximum Gasteiger partial charge on any atom is 1.00 e. The largest absolute Gasteiger partial charge is 1.00 e. The Hall–Kier alpha value is -0.209. The Balaban J connectivity index is 0.00000110. The molecule has 0 bridgehead atoms. The summed E-state index contributed by atoms with van der Waals surface area (Å²) in [6, 6.07) is 32.3. The van der Waals surface area contributed by atoms with Crippen LogP contribution in [0.2, 0.25) is 0 Å². The molecule has 21 heavy (non-hydrogen) atoms. The topological polar surface area (TPSA) is 0 Å². The third-order valence-electron chi connectivity index (χ3n) is 3.04. The molecule has 3 aromatic carbocycles. The van der Waals surface area contributed by atoms with Gasteiger partial charge in [-0.2, -0.15) is 0 Å². The molecule has 3 heteroatoms. The Bertz CT molecular complexity index is 535. The van der Waals surface area contributed by atoms with Gasteiger partial charge in [-0.3, -0.25) is 0 Å². The molecule has 3 aromatic rings. The quantitative estimate of drug-likeness (QED) is 0.429. The summed E-state index contributed by atoms with van der Waals surface area (Å²) in [6.45, 7) is 0. The van der Waals surface area contributed by atoms with Crippen LogP contribution in [0.15, 0.2) is 91.0 Å². The minimum absolute atomic E-state index is 0. The molecule has 100 valence electrons. The van der Waals surface area contributed by atoms with Crippen LogP contribution in [0.5, 0.6) is 0 Å². The van der Waals surface area contributed by atoms with Crippen molar-refractivity contribution in [3.63, 3.8) is 0 Å². The summed E-state index contributed by atoms with van der Waals surface area (Å²) in [4.78, 5) is 0. The maximum absolute atomic E-state index is 2.23. The van der Waals surface area contributed by atoms with Gasteiger partial charge in [0.05, 0.1) is 0 Å². The van der Waals surface area contributed by atoms with E-state index >= 15 is 0 Å². The van der Waals surface area contributed by atoms with E-state index in [-0.39, 0.29) is 59.8 Å². The van der Waals surface area contributed by atoms with E-state index < -0.39 is 7.92 Å². The van der Waals surface area contributed by atoms with Gasteiger partial charge < -0.3 is 0 Å². The smallest absolute Gasteiger partial charge is 0.0626 e. The van der Waals surface area contributed by atoms with Gasteiger partial charge in [-0.25, -0.2) is 0 Å². The third-order valence-corrected chi connectivity index (χ3v) is 5.49. The number of hydrogen-bond acceptors (Lipinski definition) is 0. The summed E-state index contributed by atoms with van der Waals surface area (Å²) in [5.41, 5.74) is 0. The number of rotatable bonds is 3. The Kier molecular flexibility index (Phi) is 8.73. The second-order valence-electron chi connectivity index (χ2n) is 4.34. The molecule has 0 atom stereocenters. The standard InChI is InChI=1S/C18H15P.BH4.K/c1-4-10-16(11-5-1)19(17-12-6-2-7-13-17)18-14-8-3-9-15-18;;/h1-15H;1H4;/q;-1;+1. The predicted molar refractivity (Wildman–Crippen MR) is 96.5 cm³/mol.